The van der Waals surface area contributed by atoms with E-state index in [0.29, 0.717) is 11.3 Å². The SMILES string of the molecule is CC(NC(=O)C1=NN(c2ccccc2)C(C(N)=O)C1)c1nc(-c2ccc(F)cc2)no1. The molecule has 9 nitrogen and oxygen atoms in total. The molecular formula is C21H19FN6O3. The number of primary amides is 1. The lowest BCUT2D eigenvalue weighted by molar-refractivity contribution is -0.119. The zero-order valence-electron chi connectivity index (χ0n) is 16.5. The maximum absolute atomic E-state index is 13.1. The Morgan fingerprint density at radius 2 is 1.90 bits per heavy atom. The number of nitrogens with two attached hydrogens (primary N) is 1. The zero-order chi connectivity index (χ0) is 22.0. The van der Waals surface area contributed by atoms with E-state index in [4.69, 9.17) is 10.3 Å². The van der Waals surface area contributed by atoms with E-state index in [0.717, 1.165) is 0 Å². The van der Waals surface area contributed by atoms with Crippen LogP contribution in [0.1, 0.15) is 25.3 Å². The number of benzene rings is 2. The van der Waals surface area contributed by atoms with Crippen molar-refractivity contribution in [2.45, 2.75) is 25.4 Å². The second-order valence-electron chi connectivity index (χ2n) is 7.01. The summed E-state index contributed by atoms with van der Waals surface area (Å²) < 4.78 is 18.3. The number of amides is 2. The Bertz CT molecular complexity index is 1130. The molecule has 2 unspecified atom stereocenters. The fourth-order valence-corrected chi connectivity index (χ4v) is 3.16. The first kappa shape index (κ1) is 20.2. The largest absolute Gasteiger partial charge is 0.368 e. The van der Waals surface area contributed by atoms with Gasteiger partial charge in [-0.15, -0.1) is 0 Å². The van der Waals surface area contributed by atoms with Crippen LogP contribution in [0.25, 0.3) is 11.4 Å². The summed E-state index contributed by atoms with van der Waals surface area (Å²) in [5, 5.41) is 12.4. The summed E-state index contributed by atoms with van der Waals surface area (Å²) in [6.45, 7) is 1.68. The highest BCUT2D eigenvalue weighted by molar-refractivity contribution is 6.40. The van der Waals surface area contributed by atoms with Crippen molar-refractivity contribution < 1.29 is 18.5 Å². The molecule has 0 saturated carbocycles. The molecule has 31 heavy (non-hydrogen) atoms. The summed E-state index contributed by atoms with van der Waals surface area (Å²) in [6, 6.07) is 13.3. The molecule has 3 N–H and O–H groups in total. The number of hydrogen-bond donors (Lipinski definition) is 2. The van der Waals surface area contributed by atoms with Crippen molar-refractivity contribution in [2.24, 2.45) is 10.8 Å². The maximum atomic E-state index is 13.1. The lowest BCUT2D eigenvalue weighted by Crippen LogP contribution is -2.40. The Labute approximate surface area is 176 Å². The summed E-state index contributed by atoms with van der Waals surface area (Å²) in [5.41, 5.74) is 6.91. The zero-order valence-corrected chi connectivity index (χ0v) is 16.5. The Hall–Kier alpha value is -4.08. The van der Waals surface area contributed by atoms with Crippen molar-refractivity contribution in [1.82, 2.24) is 15.5 Å². The molecule has 0 aliphatic carbocycles. The van der Waals surface area contributed by atoms with E-state index in [1.165, 1.54) is 29.3 Å². The Balaban J connectivity index is 1.47. The number of para-hydroxylation sites is 1. The number of hydrogen-bond acceptors (Lipinski definition) is 7. The van der Waals surface area contributed by atoms with Crippen LogP contribution in [-0.2, 0) is 9.59 Å². The summed E-state index contributed by atoms with van der Waals surface area (Å²) in [5.74, 6) is -0.969. The molecule has 0 fully saturated rings. The van der Waals surface area contributed by atoms with Gasteiger partial charge in [0.25, 0.3) is 5.91 Å². The van der Waals surface area contributed by atoms with Gasteiger partial charge in [-0.1, -0.05) is 23.4 Å². The third kappa shape index (κ3) is 4.27. The van der Waals surface area contributed by atoms with Gasteiger partial charge >= 0.3 is 0 Å². The molecule has 1 aliphatic rings. The predicted octanol–water partition coefficient (Wildman–Crippen LogP) is 2.17. The quantitative estimate of drug-likeness (QED) is 0.627. The van der Waals surface area contributed by atoms with Crippen molar-refractivity contribution in [3.8, 4) is 11.4 Å². The maximum Gasteiger partial charge on any atom is 0.268 e. The molecule has 3 aromatic rings. The van der Waals surface area contributed by atoms with Gasteiger partial charge in [0.2, 0.25) is 17.6 Å². The molecule has 0 spiro atoms. The van der Waals surface area contributed by atoms with Gasteiger partial charge in [-0.3, -0.25) is 14.6 Å². The minimum Gasteiger partial charge on any atom is -0.368 e. The lowest BCUT2D eigenvalue weighted by Gasteiger charge is -2.20. The Morgan fingerprint density at radius 3 is 2.58 bits per heavy atom. The van der Waals surface area contributed by atoms with E-state index in [2.05, 4.69) is 20.6 Å². The number of hydrazone groups is 1. The molecule has 1 aromatic heterocycles. The molecule has 0 saturated heterocycles. The first-order valence-electron chi connectivity index (χ1n) is 9.54. The minimum absolute atomic E-state index is 0.0768. The van der Waals surface area contributed by atoms with Gasteiger partial charge in [0, 0.05) is 12.0 Å². The number of anilines is 1. The average molecular weight is 422 g/mol. The normalized spacial score (nSPS) is 16.6. The molecular weight excluding hydrogens is 403 g/mol. The van der Waals surface area contributed by atoms with Crippen molar-refractivity contribution >= 4 is 23.2 Å². The molecule has 1 aliphatic heterocycles. The van der Waals surface area contributed by atoms with Crippen LogP contribution in [0.4, 0.5) is 10.1 Å². The standard InChI is InChI=1S/C21H19FN6O3/c1-12(21-25-19(27-31-21)13-7-9-14(22)10-8-13)24-20(30)16-11-17(18(23)29)28(26-16)15-5-3-2-4-6-15/h2-10,12,17H,11H2,1H3,(H2,23,29)(H,24,30). The van der Waals surface area contributed by atoms with Crippen LogP contribution in [0.5, 0.6) is 0 Å². The number of aromatic nitrogens is 2. The highest BCUT2D eigenvalue weighted by Crippen LogP contribution is 2.25. The molecule has 2 aromatic carbocycles. The van der Waals surface area contributed by atoms with Crippen molar-refractivity contribution in [1.29, 1.82) is 0 Å². The summed E-state index contributed by atoms with van der Waals surface area (Å²) in [7, 11) is 0. The Morgan fingerprint density at radius 1 is 1.19 bits per heavy atom. The van der Waals surface area contributed by atoms with Crippen LogP contribution in [-0.4, -0.2) is 33.7 Å². The van der Waals surface area contributed by atoms with Crippen molar-refractivity contribution in [3.63, 3.8) is 0 Å². The van der Waals surface area contributed by atoms with Crippen LogP contribution in [0.2, 0.25) is 0 Å². The number of nitrogens with one attached hydrogen (secondary N) is 1. The topological polar surface area (TPSA) is 127 Å². The second kappa shape index (κ2) is 8.34. The highest BCUT2D eigenvalue weighted by atomic mass is 19.1. The van der Waals surface area contributed by atoms with Crippen LogP contribution in [0.3, 0.4) is 0 Å². The molecule has 2 heterocycles. The molecule has 158 valence electrons. The number of carbonyl (C=O) groups excluding carboxylic acids is 2. The van der Waals surface area contributed by atoms with Gasteiger partial charge in [-0.05, 0) is 43.3 Å². The van der Waals surface area contributed by atoms with E-state index >= 15 is 0 Å². The van der Waals surface area contributed by atoms with Gasteiger partial charge in [0.05, 0.1) is 5.69 Å². The number of nitrogens with zero attached hydrogens (tertiary/aromatic N) is 4. The van der Waals surface area contributed by atoms with Crippen LogP contribution in [0, 0.1) is 5.82 Å². The molecule has 10 heteroatoms. The fraction of sp³-hybridized carbons (Fsp3) is 0.190. The summed E-state index contributed by atoms with van der Waals surface area (Å²) in [4.78, 5) is 28.9. The fourth-order valence-electron chi connectivity index (χ4n) is 3.16. The lowest BCUT2D eigenvalue weighted by atomic mass is 10.1. The monoisotopic (exact) mass is 422 g/mol. The number of halogens is 1. The van der Waals surface area contributed by atoms with Crippen LogP contribution < -0.4 is 16.1 Å². The van der Waals surface area contributed by atoms with E-state index < -0.39 is 23.9 Å². The number of rotatable bonds is 6. The summed E-state index contributed by atoms with van der Waals surface area (Å²) in [6.07, 6.45) is 0.0768. The number of carbonyl (C=O) groups is 2. The second-order valence-corrected chi connectivity index (χ2v) is 7.01. The predicted molar refractivity (Wildman–Crippen MR) is 110 cm³/mol. The van der Waals surface area contributed by atoms with E-state index in [9.17, 15) is 14.0 Å². The highest BCUT2D eigenvalue weighted by Gasteiger charge is 2.35. The van der Waals surface area contributed by atoms with Crippen LogP contribution >= 0.6 is 0 Å². The molecule has 2 amide bonds. The first-order valence-corrected chi connectivity index (χ1v) is 9.54. The van der Waals surface area contributed by atoms with Gasteiger partial charge in [0.15, 0.2) is 0 Å². The third-order valence-electron chi connectivity index (χ3n) is 4.78. The van der Waals surface area contributed by atoms with E-state index in [1.807, 2.05) is 6.07 Å². The van der Waals surface area contributed by atoms with Gasteiger partial charge in [0.1, 0.15) is 23.6 Å². The van der Waals surface area contributed by atoms with Crippen molar-refractivity contribution in [3.05, 3.63) is 66.3 Å². The Kier molecular flexibility index (Phi) is 5.44. The first-order chi connectivity index (χ1) is 14.9. The summed E-state index contributed by atoms with van der Waals surface area (Å²) >= 11 is 0. The third-order valence-corrected chi connectivity index (χ3v) is 4.78. The smallest absolute Gasteiger partial charge is 0.268 e. The van der Waals surface area contributed by atoms with Crippen molar-refractivity contribution in [2.75, 3.05) is 5.01 Å². The van der Waals surface area contributed by atoms with Crippen LogP contribution in [0.15, 0.2) is 64.2 Å². The van der Waals surface area contributed by atoms with E-state index in [-0.39, 0.29) is 29.7 Å². The van der Waals surface area contributed by atoms with Gasteiger partial charge in [-0.25, -0.2) is 4.39 Å². The molecule has 0 radical (unpaired) electrons. The average Bonchev–Trinajstić information content (AvgIpc) is 3.43. The minimum atomic E-state index is -0.757. The molecule has 4 rings (SSSR count). The van der Waals surface area contributed by atoms with Gasteiger partial charge < -0.3 is 15.6 Å². The molecule has 2 atom stereocenters. The van der Waals surface area contributed by atoms with Gasteiger partial charge in [-0.2, -0.15) is 10.1 Å². The molecule has 0 bridgehead atoms. The van der Waals surface area contributed by atoms with E-state index in [1.54, 1.807) is 31.2 Å².